The number of methoxy groups -OCH3 is 2. The second-order valence-corrected chi connectivity index (χ2v) is 7.78. The van der Waals surface area contributed by atoms with E-state index in [2.05, 4.69) is 5.32 Å². The number of ether oxygens (including phenoxy) is 3. The van der Waals surface area contributed by atoms with Gasteiger partial charge in [0.25, 0.3) is 5.91 Å². The fourth-order valence-electron chi connectivity index (χ4n) is 3.84. The molecule has 0 unspecified atom stereocenters. The van der Waals surface area contributed by atoms with Gasteiger partial charge in [0, 0.05) is 31.1 Å². The lowest BCUT2D eigenvalue weighted by Gasteiger charge is -2.32. The van der Waals surface area contributed by atoms with Crippen LogP contribution in [0, 0.1) is 0 Å². The van der Waals surface area contributed by atoms with Crippen LogP contribution >= 0.6 is 0 Å². The first-order chi connectivity index (χ1) is 15.5. The van der Waals surface area contributed by atoms with Gasteiger partial charge in [0.2, 0.25) is 5.91 Å². The van der Waals surface area contributed by atoms with Crippen molar-refractivity contribution in [2.75, 3.05) is 33.9 Å². The van der Waals surface area contributed by atoms with E-state index in [9.17, 15) is 9.59 Å². The maximum Gasteiger partial charge on any atom is 0.251 e. The van der Waals surface area contributed by atoms with Crippen LogP contribution in [0.3, 0.4) is 0 Å². The zero-order valence-corrected chi connectivity index (χ0v) is 19.1. The SMILES string of the molecule is CCOc1ccc(CCC(=O)N2CCC(NC(=O)c3ccc(OC)cc3)CC2)cc1OC. The molecule has 172 valence electrons. The van der Waals surface area contributed by atoms with Crippen LogP contribution in [0.5, 0.6) is 17.2 Å². The van der Waals surface area contributed by atoms with Crippen LogP contribution in [0.25, 0.3) is 0 Å². The first-order valence-corrected chi connectivity index (χ1v) is 11.1. The third-order valence-corrected chi connectivity index (χ3v) is 5.69. The maximum absolute atomic E-state index is 12.7. The second-order valence-electron chi connectivity index (χ2n) is 7.78. The molecule has 0 radical (unpaired) electrons. The molecule has 0 spiro atoms. The minimum atomic E-state index is -0.0955. The Hall–Kier alpha value is -3.22. The second kappa shape index (κ2) is 11.4. The van der Waals surface area contributed by atoms with E-state index in [1.54, 1.807) is 38.5 Å². The number of likely N-dealkylation sites (tertiary alicyclic amines) is 1. The van der Waals surface area contributed by atoms with Gasteiger partial charge in [-0.25, -0.2) is 0 Å². The molecule has 1 N–H and O–H groups in total. The van der Waals surface area contributed by atoms with Gasteiger partial charge in [-0.2, -0.15) is 0 Å². The van der Waals surface area contributed by atoms with Crippen LogP contribution in [-0.2, 0) is 11.2 Å². The third-order valence-electron chi connectivity index (χ3n) is 5.69. The Kier molecular flexibility index (Phi) is 8.36. The van der Waals surface area contributed by atoms with Gasteiger partial charge in [0.1, 0.15) is 5.75 Å². The minimum absolute atomic E-state index is 0.0732. The van der Waals surface area contributed by atoms with Crippen LogP contribution < -0.4 is 19.5 Å². The molecule has 1 aliphatic heterocycles. The van der Waals surface area contributed by atoms with E-state index in [1.807, 2.05) is 30.0 Å². The van der Waals surface area contributed by atoms with Crippen molar-refractivity contribution >= 4 is 11.8 Å². The number of benzene rings is 2. The van der Waals surface area contributed by atoms with Crippen molar-refractivity contribution in [3.8, 4) is 17.2 Å². The van der Waals surface area contributed by atoms with Crippen molar-refractivity contribution in [3.05, 3.63) is 53.6 Å². The Balaban J connectivity index is 1.44. The molecule has 1 saturated heterocycles. The molecule has 7 nitrogen and oxygen atoms in total. The van der Waals surface area contributed by atoms with Crippen molar-refractivity contribution in [1.82, 2.24) is 10.2 Å². The number of aryl methyl sites for hydroxylation is 1. The smallest absolute Gasteiger partial charge is 0.251 e. The third kappa shape index (κ3) is 6.15. The summed E-state index contributed by atoms with van der Waals surface area (Å²) in [6.07, 6.45) is 2.60. The van der Waals surface area contributed by atoms with Gasteiger partial charge >= 0.3 is 0 Å². The van der Waals surface area contributed by atoms with Crippen molar-refractivity contribution < 1.29 is 23.8 Å². The van der Waals surface area contributed by atoms with Crippen LogP contribution in [0.4, 0.5) is 0 Å². The average Bonchev–Trinajstić information content (AvgIpc) is 2.83. The van der Waals surface area contributed by atoms with E-state index in [-0.39, 0.29) is 17.9 Å². The lowest BCUT2D eigenvalue weighted by molar-refractivity contribution is -0.132. The molecule has 1 fully saturated rings. The molecule has 0 aromatic heterocycles. The summed E-state index contributed by atoms with van der Waals surface area (Å²) in [5.74, 6) is 2.16. The quantitative estimate of drug-likeness (QED) is 0.646. The van der Waals surface area contributed by atoms with Gasteiger partial charge in [-0.05, 0) is 68.1 Å². The summed E-state index contributed by atoms with van der Waals surface area (Å²) < 4.78 is 16.1. The Bertz CT molecular complexity index is 905. The number of carbonyl (C=O) groups is 2. The molecule has 2 aromatic rings. The van der Waals surface area contributed by atoms with E-state index < -0.39 is 0 Å². The number of nitrogens with one attached hydrogen (secondary N) is 1. The van der Waals surface area contributed by atoms with Crippen LogP contribution in [0.2, 0.25) is 0 Å². The fraction of sp³-hybridized carbons (Fsp3) is 0.440. The van der Waals surface area contributed by atoms with E-state index >= 15 is 0 Å². The van der Waals surface area contributed by atoms with Gasteiger partial charge in [0.15, 0.2) is 11.5 Å². The predicted octanol–water partition coefficient (Wildman–Crippen LogP) is 3.46. The van der Waals surface area contributed by atoms with Crippen LogP contribution in [0.1, 0.15) is 42.1 Å². The van der Waals surface area contributed by atoms with Gasteiger partial charge in [-0.3, -0.25) is 9.59 Å². The topological polar surface area (TPSA) is 77.1 Å². The van der Waals surface area contributed by atoms with Crippen molar-refractivity contribution in [2.24, 2.45) is 0 Å². The summed E-state index contributed by atoms with van der Waals surface area (Å²) >= 11 is 0. The number of hydrogen-bond acceptors (Lipinski definition) is 5. The molecule has 3 rings (SSSR count). The van der Waals surface area contributed by atoms with Gasteiger partial charge in [0.05, 0.1) is 20.8 Å². The number of nitrogens with zero attached hydrogens (tertiary/aromatic N) is 1. The lowest BCUT2D eigenvalue weighted by atomic mass is 10.0. The molecule has 0 aliphatic carbocycles. The molecule has 0 saturated carbocycles. The summed E-state index contributed by atoms with van der Waals surface area (Å²) in [6, 6.07) is 12.9. The number of rotatable bonds is 9. The monoisotopic (exact) mass is 440 g/mol. The normalized spacial score (nSPS) is 14.0. The Morgan fingerprint density at radius 1 is 1.00 bits per heavy atom. The highest BCUT2D eigenvalue weighted by Gasteiger charge is 2.24. The van der Waals surface area contributed by atoms with Crippen molar-refractivity contribution in [2.45, 2.75) is 38.6 Å². The van der Waals surface area contributed by atoms with E-state index in [1.165, 1.54) is 0 Å². The average molecular weight is 441 g/mol. The first-order valence-electron chi connectivity index (χ1n) is 11.1. The van der Waals surface area contributed by atoms with Crippen LogP contribution in [-0.4, -0.2) is 56.7 Å². The molecule has 7 heteroatoms. The Morgan fingerprint density at radius 3 is 2.34 bits per heavy atom. The molecule has 1 heterocycles. The number of hydrogen-bond donors (Lipinski definition) is 1. The van der Waals surface area contributed by atoms with E-state index in [0.717, 1.165) is 24.2 Å². The summed E-state index contributed by atoms with van der Waals surface area (Å²) in [5, 5.41) is 3.07. The summed E-state index contributed by atoms with van der Waals surface area (Å²) in [6.45, 7) is 3.81. The van der Waals surface area contributed by atoms with Gasteiger partial charge in [-0.1, -0.05) is 6.07 Å². The fourth-order valence-corrected chi connectivity index (χ4v) is 3.84. The maximum atomic E-state index is 12.7. The lowest BCUT2D eigenvalue weighted by Crippen LogP contribution is -2.46. The highest BCUT2D eigenvalue weighted by atomic mass is 16.5. The Labute approximate surface area is 189 Å². The molecule has 1 aliphatic rings. The summed E-state index contributed by atoms with van der Waals surface area (Å²) in [5.41, 5.74) is 1.65. The standard InChI is InChI=1S/C25H32N2O5/c1-4-32-22-11-5-18(17-23(22)31-3)6-12-24(28)27-15-13-20(14-16-27)26-25(29)19-7-9-21(30-2)10-8-19/h5,7-11,17,20H,4,6,12-16H2,1-3H3,(H,26,29). The van der Waals surface area contributed by atoms with E-state index in [0.29, 0.717) is 49.6 Å². The van der Waals surface area contributed by atoms with E-state index in [4.69, 9.17) is 14.2 Å². The minimum Gasteiger partial charge on any atom is -0.497 e. The summed E-state index contributed by atoms with van der Waals surface area (Å²) in [4.78, 5) is 27.0. The molecular weight excluding hydrogens is 408 g/mol. The van der Waals surface area contributed by atoms with Crippen LogP contribution in [0.15, 0.2) is 42.5 Å². The van der Waals surface area contributed by atoms with Gasteiger partial charge in [-0.15, -0.1) is 0 Å². The predicted molar refractivity (Wildman–Crippen MR) is 123 cm³/mol. The highest BCUT2D eigenvalue weighted by molar-refractivity contribution is 5.94. The zero-order chi connectivity index (χ0) is 22.9. The number of piperidine rings is 1. The molecule has 0 bridgehead atoms. The Morgan fingerprint density at radius 2 is 1.72 bits per heavy atom. The number of amides is 2. The highest BCUT2D eigenvalue weighted by Crippen LogP contribution is 2.28. The number of carbonyl (C=O) groups excluding carboxylic acids is 2. The van der Waals surface area contributed by atoms with Gasteiger partial charge < -0.3 is 24.4 Å². The molecule has 2 aromatic carbocycles. The first kappa shape index (κ1) is 23.4. The molecular formula is C25H32N2O5. The van der Waals surface area contributed by atoms with Crippen molar-refractivity contribution in [1.29, 1.82) is 0 Å². The zero-order valence-electron chi connectivity index (χ0n) is 19.1. The molecule has 32 heavy (non-hydrogen) atoms. The largest absolute Gasteiger partial charge is 0.497 e. The molecule has 2 amide bonds. The summed E-state index contributed by atoms with van der Waals surface area (Å²) in [7, 11) is 3.21. The molecule has 0 atom stereocenters. The van der Waals surface area contributed by atoms with Crippen molar-refractivity contribution in [3.63, 3.8) is 0 Å².